The molecule has 1 saturated heterocycles. The van der Waals surface area contributed by atoms with Gasteiger partial charge < -0.3 is 14.7 Å². The third-order valence-electron chi connectivity index (χ3n) is 3.87. The minimum Gasteiger partial charge on any atom is -0.481 e. The highest BCUT2D eigenvalue weighted by Crippen LogP contribution is 2.17. The molecule has 1 unspecified atom stereocenters. The van der Waals surface area contributed by atoms with Crippen LogP contribution in [0.2, 0.25) is 0 Å². The highest BCUT2D eigenvalue weighted by Gasteiger charge is 2.31. The van der Waals surface area contributed by atoms with Crippen LogP contribution in [0.5, 0.6) is 0 Å². The lowest BCUT2D eigenvalue weighted by Gasteiger charge is -2.34. The van der Waals surface area contributed by atoms with Crippen molar-refractivity contribution in [2.75, 3.05) is 19.8 Å². The molecule has 0 aliphatic carbocycles. The highest BCUT2D eigenvalue weighted by atomic mass is 16.5. The maximum Gasteiger partial charge on any atom is 0.305 e. The molecule has 1 amide bonds. The lowest BCUT2D eigenvalue weighted by Crippen LogP contribution is -2.50. The molecule has 128 valence electrons. The molecule has 2 heterocycles. The molecule has 0 aromatic carbocycles. The topological polar surface area (TPSA) is 84.7 Å². The average Bonchev–Trinajstić information content (AvgIpc) is 2.88. The monoisotopic (exact) mass is 323 g/mol. The van der Waals surface area contributed by atoms with Gasteiger partial charge in [0.2, 0.25) is 0 Å². The van der Waals surface area contributed by atoms with Crippen LogP contribution >= 0.6 is 0 Å². The summed E-state index contributed by atoms with van der Waals surface area (Å²) < 4.78 is 7.04. The van der Waals surface area contributed by atoms with Crippen molar-refractivity contribution in [3.8, 4) is 0 Å². The number of carboxylic acids is 1. The summed E-state index contributed by atoms with van der Waals surface area (Å²) in [6.07, 6.45) is 0.708. The largest absolute Gasteiger partial charge is 0.481 e. The number of carbonyl (C=O) groups is 2. The van der Waals surface area contributed by atoms with E-state index in [9.17, 15) is 9.59 Å². The number of carboxylic acid groups (broad SMARTS) is 1. The van der Waals surface area contributed by atoms with E-state index in [0.717, 1.165) is 12.1 Å². The summed E-state index contributed by atoms with van der Waals surface area (Å²) in [7, 11) is 0. The van der Waals surface area contributed by atoms with Crippen molar-refractivity contribution in [3.05, 3.63) is 17.5 Å². The lowest BCUT2D eigenvalue weighted by molar-refractivity contribution is -0.139. The maximum absolute atomic E-state index is 12.9. The van der Waals surface area contributed by atoms with Crippen LogP contribution in [0.25, 0.3) is 0 Å². The Labute approximate surface area is 136 Å². The van der Waals surface area contributed by atoms with Crippen LogP contribution in [0, 0.1) is 5.92 Å². The number of hydrogen-bond acceptors (Lipinski definition) is 4. The molecular weight excluding hydrogens is 298 g/mol. The van der Waals surface area contributed by atoms with E-state index in [1.54, 1.807) is 9.58 Å². The van der Waals surface area contributed by atoms with Crippen molar-refractivity contribution in [2.24, 2.45) is 5.92 Å². The fourth-order valence-corrected chi connectivity index (χ4v) is 2.84. The number of aliphatic carboxylic acids is 1. The van der Waals surface area contributed by atoms with E-state index < -0.39 is 12.0 Å². The number of carbonyl (C=O) groups excluding carboxylic acids is 1. The highest BCUT2D eigenvalue weighted by molar-refractivity contribution is 5.93. The average molecular weight is 323 g/mol. The number of hydrogen-bond donors (Lipinski definition) is 1. The van der Waals surface area contributed by atoms with Crippen molar-refractivity contribution in [1.29, 1.82) is 0 Å². The Hall–Kier alpha value is -1.89. The third kappa shape index (κ3) is 4.31. The molecule has 1 fully saturated rings. The normalized spacial score (nSPS) is 18.4. The predicted molar refractivity (Wildman–Crippen MR) is 84.3 cm³/mol. The standard InChI is InChI=1S/C16H25N3O4/c1-4-19-14(8-12(17-19)7-11(2)3)16(22)18-5-6-23-10-13(18)9-15(20)21/h8,11,13H,4-7,9-10H2,1-3H3,(H,20,21). The summed E-state index contributed by atoms with van der Waals surface area (Å²) in [4.78, 5) is 25.5. The minimum atomic E-state index is -0.928. The van der Waals surface area contributed by atoms with Crippen molar-refractivity contribution in [3.63, 3.8) is 0 Å². The molecule has 1 aliphatic heterocycles. The van der Waals surface area contributed by atoms with Gasteiger partial charge in [-0.3, -0.25) is 14.3 Å². The molecule has 1 aliphatic rings. The smallest absolute Gasteiger partial charge is 0.305 e. The SMILES string of the molecule is CCn1nc(CC(C)C)cc1C(=O)N1CCOCC1CC(=O)O. The second-order valence-corrected chi connectivity index (χ2v) is 6.26. The molecule has 1 aromatic heterocycles. The van der Waals surface area contributed by atoms with E-state index in [1.165, 1.54) is 0 Å². The van der Waals surface area contributed by atoms with Gasteiger partial charge in [0.25, 0.3) is 5.91 Å². The second kappa shape index (κ2) is 7.59. The van der Waals surface area contributed by atoms with E-state index in [4.69, 9.17) is 9.84 Å². The first-order valence-electron chi connectivity index (χ1n) is 8.09. The number of ether oxygens (including phenoxy) is 1. The van der Waals surface area contributed by atoms with E-state index in [2.05, 4.69) is 18.9 Å². The van der Waals surface area contributed by atoms with Gasteiger partial charge in [0.05, 0.1) is 31.4 Å². The summed E-state index contributed by atoms with van der Waals surface area (Å²) in [6, 6.07) is 1.40. The number of aromatic nitrogens is 2. The number of amides is 1. The summed E-state index contributed by atoms with van der Waals surface area (Å²) in [5.74, 6) is -0.631. The molecule has 0 bridgehead atoms. The Bertz CT molecular complexity index is 568. The minimum absolute atomic E-state index is 0.106. The Morgan fingerprint density at radius 3 is 2.83 bits per heavy atom. The molecule has 1 aromatic rings. The number of aryl methyl sites for hydroxylation is 1. The van der Waals surface area contributed by atoms with Gasteiger partial charge in [-0.15, -0.1) is 0 Å². The van der Waals surface area contributed by atoms with Crippen LogP contribution in [-0.4, -0.2) is 57.5 Å². The first-order chi connectivity index (χ1) is 10.9. The molecule has 1 atom stereocenters. The molecule has 7 heteroatoms. The fourth-order valence-electron chi connectivity index (χ4n) is 2.84. The van der Waals surface area contributed by atoms with E-state index in [1.807, 2.05) is 13.0 Å². The molecule has 23 heavy (non-hydrogen) atoms. The van der Waals surface area contributed by atoms with Crippen LogP contribution in [0.15, 0.2) is 6.07 Å². The van der Waals surface area contributed by atoms with Gasteiger partial charge >= 0.3 is 5.97 Å². The van der Waals surface area contributed by atoms with Crippen molar-refractivity contribution in [2.45, 2.75) is 46.2 Å². The van der Waals surface area contributed by atoms with Crippen molar-refractivity contribution >= 4 is 11.9 Å². The van der Waals surface area contributed by atoms with E-state index in [0.29, 0.717) is 31.3 Å². The van der Waals surface area contributed by atoms with Gasteiger partial charge in [0.15, 0.2) is 0 Å². The maximum atomic E-state index is 12.9. The van der Waals surface area contributed by atoms with Gasteiger partial charge in [0.1, 0.15) is 5.69 Å². The van der Waals surface area contributed by atoms with Gasteiger partial charge in [-0.25, -0.2) is 0 Å². The number of nitrogens with zero attached hydrogens (tertiary/aromatic N) is 3. The van der Waals surface area contributed by atoms with Crippen LogP contribution in [0.3, 0.4) is 0 Å². The second-order valence-electron chi connectivity index (χ2n) is 6.26. The van der Waals surface area contributed by atoms with Crippen LogP contribution in [0.1, 0.15) is 43.4 Å². The molecule has 0 spiro atoms. The van der Waals surface area contributed by atoms with Gasteiger partial charge in [0, 0.05) is 13.1 Å². The number of morpholine rings is 1. The third-order valence-corrected chi connectivity index (χ3v) is 3.87. The summed E-state index contributed by atoms with van der Waals surface area (Å²) in [5.41, 5.74) is 1.42. The summed E-state index contributed by atoms with van der Waals surface area (Å²) in [5, 5.41) is 13.5. The van der Waals surface area contributed by atoms with Crippen molar-refractivity contribution in [1.82, 2.24) is 14.7 Å². The Balaban J connectivity index is 2.23. The summed E-state index contributed by atoms with van der Waals surface area (Å²) >= 11 is 0. The molecule has 7 nitrogen and oxygen atoms in total. The molecule has 2 rings (SSSR count). The number of rotatable bonds is 6. The van der Waals surface area contributed by atoms with Crippen LogP contribution in [-0.2, 0) is 22.5 Å². The Morgan fingerprint density at radius 1 is 1.48 bits per heavy atom. The zero-order valence-corrected chi connectivity index (χ0v) is 14.0. The Morgan fingerprint density at radius 2 is 2.22 bits per heavy atom. The van der Waals surface area contributed by atoms with E-state index >= 15 is 0 Å². The van der Waals surface area contributed by atoms with Gasteiger partial charge in [-0.1, -0.05) is 13.8 Å². The molecule has 0 saturated carbocycles. The summed E-state index contributed by atoms with van der Waals surface area (Å²) in [6.45, 7) is 7.86. The predicted octanol–water partition coefficient (Wildman–Crippen LogP) is 1.42. The van der Waals surface area contributed by atoms with E-state index in [-0.39, 0.29) is 18.9 Å². The first kappa shape index (κ1) is 17.5. The van der Waals surface area contributed by atoms with Gasteiger partial charge in [-0.2, -0.15) is 5.10 Å². The zero-order valence-electron chi connectivity index (χ0n) is 14.0. The molecule has 0 radical (unpaired) electrons. The first-order valence-corrected chi connectivity index (χ1v) is 8.09. The van der Waals surface area contributed by atoms with Gasteiger partial charge in [-0.05, 0) is 25.3 Å². The fraction of sp³-hybridized carbons (Fsp3) is 0.688. The zero-order chi connectivity index (χ0) is 17.0. The molecule has 1 N–H and O–H groups in total. The Kier molecular flexibility index (Phi) is 5.76. The van der Waals surface area contributed by atoms with Crippen molar-refractivity contribution < 1.29 is 19.4 Å². The quantitative estimate of drug-likeness (QED) is 0.856. The van der Waals surface area contributed by atoms with Crippen LogP contribution in [0.4, 0.5) is 0 Å². The van der Waals surface area contributed by atoms with Crippen LogP contribution < -0.4 is 0 Å². The molecular formula is C16H25N3O4. The lowest BCUT2D eigenvalue weighted by atomic mass is 10.1.